The van der Waals surface area contributed by atoms with Crippen LogP contribution < -0.4 is 5.32 Å². The van der Waals surface area contributed by atoms with Crippen LogP contribution in [0.3, 0.4) is 0 Å². The van der Waals surface area contributed by atoms with E-state index in [2.05, 4.69) is 15.5 Å². The summed E-state index contributed by atoms with van der Waals surface area (Å²) in [6.45, 7) is 0.715. The topological polar surface area (TPSA) is 51.0 Å². The molecular formula is C8H8ClN3OS. The number of nitrogens with zero attached hydrogens (tertiary/aromatic N) is 2. The Kier molecular flexibility index (Phi) is 2.81. The minimum absolute atomic E-state index is 0.358. The normalized spacial score (nSPS) is 10.7. The lowest BCUT2D eigenvalue weighted by Crippen LogP contribution is -2.04. The average Bonchev–Trinajstić information content (AvgIpc) is 2.74. The predicted molar refractivity (Wildman–Crippen MR) is 55.4 cm³/mol. The maximum atomic E-state index is 5.82. The highest BCUT2D eigenvalue weighted by Gasteiger charge is 2.11. The Hall–Kier alpha value is -0.910. The van der Waals surface area contributed by atoms with E-state index in [1.807, 2.05) is 7.05 Å². The van der Waals surface area contributed by atoms with Crippen molar-refractivity contribution in [2.24, 2.45) is 0 Å². The maximum Gasteiger partial charge on any atom is 0.203 e. The van der Waals surface area contributed by atoms with Crippen molar-refractivity contribution < 1.29 is 4.42 Å². The summed E-state index contributed by atoms with van der Waals surface area (Å²) in [7, 11) is 1.87. The first kappa shape index (κ1) is 9.64. The smallest absolute Gasteiger partial charge is 0.203 e. The number of halogens is 1. The van der Waals surface area contributed by atoms with E-state index in [4.69, 9.17) is 16.0 Å². The molecule has 0 saturated carbocycles. The van der Waals surface area contributed by atoms with Crippen molar-refractivity contribution in [2.75, 3.05) is 7.05 Å². The molecular weight excluding hydrogens is 222 g/mol. The molecule has 2 rings (SSSR count). The Labute approximate surface area is 89.9 Å². The summed E-state index contributed by atoms with van der Waals surface area (Å²) in [6.07, 6.45) is 1.54. The average molecular weight is 230 g/mol. The molecule has 0 unspecified atom stereocenters. The Morgan fingerprint density at radius 2 is 2.43 bits per heavy atom. The Morgan fingerprint density at radius 3 is 3.07 bits per heavy atom. The van der Waals surface area contributed by atoms with E-state index < -0.39 is 0 Å². The van der Waals surface area contributed by atoms with Gasteiger partial charge >= 0.3 is 0 Å². The lowest BCUT2D eigenvalue weighted by atomic mass is 10.4. The predicted octanol–water partition coefficient (Wildman–Crippen LogP) is 2.17. The minimum Gasteiger partial charge on any atom is -0.452 e. The van der Waals surface area contributed by atoms with E-state index >= 15 is 0 Å². The fourth-order valence-electron chi connectivity index (χ4n) is 1.03. The lowest BCUT2D eigenvalue weighted by Gasteiger charge is -1.89. The lowest BCUT2D eigenvalue weighted by molar-refractivity contribution is 0.570. The third kappa shape index (κ3) is 1.79. The third-order valence-corrected chi connectivity index (χ3v) is 2.89. The minimum atomic E-state index is 0.358. The van der Waals surface area contributed by atoms with Crippen LogP contribution in [-0.2, 0) is 6.54 Å². The number of aromatic nitrogens is 2. The molecule has 74 valence electrons. The molecule has 0 bridgehead atoms. The number of nitrogens with one attached hydrogen (secondary N) is 1. The molecule has 1 N–H and O–H groups in total. The summed E-state index contributed by atoms with van der Waals surface area (Å²) >= 11 is 7.32. The van der Waals surface area contributed by atoms with Gasteiger partial charge in [-0.3, -0.25) is 0 Å². The maximum absolute atomic E-state index is 5.82. The number of furan rings is 1. The molecule has 0 aliphatic carbocycles. The summed E-state index contributed by atoms with van der Waals surface area (Å²) in [5.41, 5.74) is 0.798. The van der Waals surface area contributed by atoms with Crippen molar-refractivity contribution in [1.82, 2.24) is 15.5 Å². The van der Waals surface area contributed by atoms with Crippen LogP contribution in [-0.4, -0.2) is 17.2 Å². The molecule has 14 heavy (non-hydrogen) atoms. The van der Waals surface area contributed by atoms with Gasteiger partial charge in [0.1, 0.15) is 5.01 Å². The molecule has 0 spiro atoms. The van der Waals surface area contributed by atoms with Crippen LogP contribution >= 0.6 is 22.9 Å². The fraction of sp³-hybridized carbons (Fsp3) is 0.250. The second-order valence-electron chi connectivity index (χ2n) is 2.64. The number of hydrogen-bond donors (Lipinski definition) is 1. The first-order valence-electron chi connectivity index (χ1n) is 4.01. The standard InChI is InChI=1S/C8H8ClN3OS/c1-10-4-6-11-12-8(14-6)5-2-3-13-7(5)9/h2-3,10H,4H2,1H3. The van der Waals surface area contributed by atoms with Gasteiger partial charge in [0.05, 0.1) is 11.8 Å². The first-order valence-corrected chi connectivity index (χ1v) is 5.21. The van der Waals surface area contributed by atoms with E-state index in [1.54, 1.807) is 6.07 Å². The van der Waals surface area contributed by atoms with Crippen LogP contribution in [0.15, 0.2) is 16.7 Å². The fourth-order valence-corrected chi connectivity index (χ4v) is 2.16. The highest BCUT2D eigenvalue weighted by molar-refractivity contribution is 7.14. The molecule has 0 aliphatic heterocycles. The SMILES string of the molecule is CNCc1nnc(-c2ccoc2Cl)s1. The van der Waals surface area contributed by atoms with Gasteiger partial charge in [0.15, 0.2) is 5.01 Å². The van der Waals surface area contributed by atoms with Crippen LogP contribution in [0.4, 0.5) is 0 Å². The van der Waals surface area contributed by atoms with Crippen LogP contribution in [0.25, 0.3) is 10.6 Å². The molecule has 2 aromatic rings. The summed E-state index contributed by atoms with van der Waals surface area (Å²) in [5, 5.41) is 13.1. The second-order valence-corrected chi connectivity index (χ2v) is 4.04. The van der Waals surface area contributed by atoms with Crippen molar-refractivity contribution in [3.8, 4) is 10.6 Å². The van der Waals surface area contributed by atoms with Crippen molar-refractivity contribution in [3.63, 3.8) is 0 Å². The first-order chi connectivity index (χ1) is 6.81. The van der Waals surface area contributed by atoms with Crippen molar-refractivity contribution in [2.45, 2.75) is 6.54 Å². The second kappa shape index (κ2) is 4.08. The zero-order chi connectivity index (χ0) is 9.97. The zero-order valence-corrected chi connectivity index (χ0v) is 9.02. The van der Waals surface area contributed by atoms with Gasteiger partial charge in [-0.2, -0.15) is 0 Å². The molecule has 0 aromatic carbocycles. The van der Waals surface area contributed by atoms with Gasteiger partial charge in [-0.05, 0) is 24.7 Å². The van der Waals surface area contributed by atoms with Gasteiger partial charge in [-0.25, -0.2) is 0 Å². The van der Waals surface area contributed by atoms with Crippen molar-refractivity contribution >= 4 is 22.9 Å². The van der Waals surface area contributed by atoms with Gasteiger partial charge in [0.2, 0.25) is 5.22 Å². The van der Waals surface area contributed by atoms with E-state index in [0.29, 0.717) is 11.8 Å². The van der Waals surface area contributed by atoms with E-state index in [-0.39, 0.29) is 0 Å². The van der Waals surface area contributed by atoms with Crippen LogP contribution in [0.5, 0.6) is 0 Å². The highest BCUT2D eigenvalue weighted by atomic mass is 35.5. The Bertz CT molecular complexity index is 426. The van der Waals surface area contributed by atoms with Crippen LogP contribution in [0.2, 0.25) is 5.22 Å². The Balaban J connectivity index is 2.29. The summed E-state index contributed by atoms with van der Waals surface area (Å²) in [4.78, 5) is 0. The molecule has 2 aromatic heterocycles. The van der Waals surface area contributed by atoms with Crippen molar-refractivity contribution in [3.05, 3.63) is 22.6 Å². The molecule has 0 fully saturated rings. The molecule has 0 atom stereocenters. The molecule has 0 amide bonds. The summed E-state index contributed by atoms with van der Waals surface area (Å²) in [6, 6.07) is 1.78. The van der Waals surface area contributed by atoms with Crippen LogP contribution in [0.1, 0.15) is 5.01 Å². The van der Waals surface area contributed by atoms with E-state index in [9.17, 15) is 0 Å². The Morgan fingerprint density at radius 1 is 1.57 bits per heavy atom. The van der Waals surface area contributed by atoms with Crippen LogP contribution in [0, 0.1) is 0 Å². The third-order valence-electron chi connectivity index (χ3n) is 1.64. The zero-order valence-electron chi connectivity index (χ0n) is 7.45. The van der Waals surface area contributed by atoms with E-state index in [0.717, 1.165) is 15.6 Å². The molecule has 4 nitrogen and oxygen atoms in total. The van der Waals surface area contributed by atoms with Gasteiger partial charge in [-0.15, -0.1) is 10.2 Å². The largest absolute Gasteiger partial charge is 0.452 e. The molecule has 0 saturated heterocycles. The number of hydrogen-bond acceptors (Lipinski definition) is 5. The highest BCUT2D eigenvalue weighted by Crippen LogP contribution is 2.30. The summed E-state index contributed by atoms with van der Waals surface area (Å²) in [5.74, 6) is 0. The summed E-state index contributed by atoms with van der Waals surface area (Å²) < 4.78 is 4.98. The number of rotatable bonds is 3. The molecule has 6 heteroatoms. The van der Waals surface area contributed by atoms with Gasteiger partial charge in [0.25, 0.3) is 0 Å². The van der Waals surface area contributed by atoms with Gasteiger partial charge < -0.3 is 9.73 Å². The van der Waals surface area contributed by atoms with Crippen molar-refractivity contribution in [1.29, 1.82) is 0 Å². The van der Waals surface area contributed by atoms with Gasteiger partial charge in [0, 0.05) is 6.54 Å². The quantitative estimate of drug-likeness (QED) is 0.877. The van der Waals surface area contributed by atoms with E-state index in [1.165, 1.54) is 17.6 Å². The molecule has 0 aliphatic rings. The van der Waals surface area contributed by atoms with Gasteiger partial charge in [-0.1, -0.05) is 11.3 Å². The monoisotopic (exact) mass is 229 g/mol. The molecule has 0 radical (unpaired) electrons. The molecule has 2 heterocycles.